The first-order valence-electron chi connectivity index (χ1n) is 8.40. The summed E-state index contributed by atoms with van der Waals surface area (Å²) in [5, 5.41) is 0. The van der Waals surface area contributed by atoms with Crippen LogP contribution >= 0.6 is 0 Å². The first-order valence-corrected chi connectivity index (χ1v) is 8.40. The lowest BCUT2D eigenvalue weighted by Crippen LogP contribution is -2.49. The minimum atomic E-state index is -0.566. The molecule has 0 unspecified atom stereocenters. The van der Waals surface area contributed by atoms with E-state index in [-0.39, 0.29) is 30.3 Å². The Hall–Kier alpha value is -2.37. The second-order valence-corrected chi connectivity index (χ2v) is 6.53. The van der Waals surface area contributed by atoms with E-state index in [0.29, 0.717) is 5.65 Å². The van der Waals surface area contributed by atoms with Crippen LogP contribution < -0.4 is 0 Å². The number of rotatable bonds is 3. The molecule has 3 heterocycles. The van der Waals surface area contributed by atoms with Crippen molar-refractivity contribution in [2.24, 2.45) is 0 Å². The highest BCUT2D eigenvalue weighted by atomic mass is 16.5. The van der Waals surface area contributed by atoms with Gasteiger partial charge in [0.05, 0.1) is 0 Å². The summed E-state index contributed by atoms with van der Waals surface area (Å²) in [5.74, 6) is -0.702. The van der Waals surface area contributed by atoms with Crippen molar-refractivity contribution in [1.29, 1.82) is 0 Å². The number of carbonyl (C=O) groups excluding carboxylic acids is 2. The van der Waals surface area contributed by atoms with Crippen LogP contribution in [-0.2, 0) is 9.53 Å². The molecule has 2 aromatic rings. The van der Waals surface area contributed by atoms with Crippen molar-refractivity contribution >= 4 is 17.5 Å². The molecule has 1 aliphatic heterocycles. The third kappa shape index (κ3) is 3.13. The lowest BCUT2D eigenvalue weighted by Gasteiger charge is -2.38. The summed E-state index contributed by atoms with van der Waals surface area (Å²) in [7, 11) is 0. The molecule has 0 radical (unpaired) electrons. The normalized spacial score (nSPS) is 21.0. The van der Waals surface area contributed by atoms with Gasteiger partial charge in [0, 0.05) is 24.0 Å². The van der Waals surface area contributed by atoms with Crippen molar-refractivity contribution in [1.82, 2.24) is 14.3 Å². The Bertz CT molecular complexity index is 758. The van der Waals surface area contributed by atoms with Gasteiger partial charge >= 0.3 is 5.97 Å². The highest BCUT2D eigenvalue weighted by Gasteiger charge is 2.29. The van der Waals surface area contributed by atoms with Gasteiger partial charge in [-0.15, -0.1) is 0 Å². The Morgan fingerprint density at radius 2 is 1.96 bits per heavy atom. The molecule has 1 aliphatic rings. The maximum atomic E-state index is 12.4. The number of imidazole rings is 1. The third-order valence-electron chi connectivity index (χ3n) is 4.71. The molecular weight excluding hydrogens is 306 g/mol. The maximum absolute atomic E-state index is 12.4. The molecule has 24 heavy (non-hydrogen) atoms. The van der Waals surface area contributed by atoms with Crippen molar-refractivity contribution in [3.63, 3.8) is 0 Å². The van der Waals surface area contributed by atoms with Crippen molar-refractivity contribution in [3.05, 3.63) is 35.8 Å². The number of hydrogen-bond acceptors (Lipinski definition) is 4. The zero-order valence-electron chi connectivity index (χ0n) is 14.4. The molecule has 2 atom stereocenters. The molecule has 0 aliphatic carbocycles. The van der Waals surface area contributed by atoms with Crippen molar-refractivity contribution in [3.8, 4) is 0 Å². The maximum Gasteiger partial charge on any atom is 0.359 e. The standard InChI is InChI=1S/C18H23N3O3/c1-12-6-5-9-16-19-15(10-20(12)16)18(23)24-11-17(22)21-13(2)7-4-8-14(21)3/h5-6,9-10,13-14H,4,7-8,11H2,1-3H3/t13-,14-/m1/s1. The van der Waals surface area contributed by atoms with Crippen LogP contribution in [0.4, 0.5) is 0 Å². The molecule has 1 saturated heterocycles. The summed E-state index contributed by atoms with van der Waals surface area (Å²) < 4.78 is 7.03. The van der Waals surface area contributed by atoms with E-state index < -0.39 is 5.97 Å². The molecule has 0 saturated carbocycles. The largest absolute Gasteiger partial charge is 0.451 e. The summed E-state index contributed by atoms with van der Waals surface area (Å²) in [6.45, 7) is 5.79. The molecule has 3 rings (SSSR count). The monoisotopic (exact) mass is 329 g/mol. The summed E-state index contributed by atoms with van der Waals surface area (Å²) in [6, 6.07) is 6.03. The summed E-state index contributed by atoms with van der Waals surface area (Å²) in [4.78, 5) is 30.7. The van der Waals surface area contributed by atoms with Gasteiger partial charge in [0.15, 0.2) is 12.3 Å². The molecule has 0 spiro atoms. The van der Waals surface area contributed by atoms with E-state index in [1.807, 2.05) is 48.3 Å². The number of nitrogens with zero attached hydrogens (tertiary/aromatic N) is 3. The fourth-order valence-corrected chi connectivity index (χ4v) is 3.44. The molecule has 6 nitrogen and oxygen atoms in total. The number of fused-ring (bicyclic) bond motifs is 1. The predicted molar refractivity (Wildman–Crippen MR) is 89.8 cm³/mol. The summed E-state index contributed by atoms with van der Waals surface area (Å²) in [5.41, 5.74) is 1.88. The highest BCUT2D eigenvalue weighted by Crippen LogP contribution is 2.22. The fourth-order valence-electron chi connectivity index (χ4n) is 3.44. The number of carbonyl (C=O) groups is 2. The topological polar surface area (TPSA) is 63.9 Å². The number of aromatic nitrogens is 2. The SMILES string of the molecule is Cc1cccc2nc(C(=O)OCC(=O)N3[C@H](C)CCC[C@H]3C)cn12. The minimum Gasteiger partial charge on any atom is -0.451 e. The quantitative estimate of drug-likeness (QED) is 0.812. The molecule has 1 fully saturated rings. The van der Waals surface area contributed by atoms with Gasteiger partial charge in [-0.25, -0.2) is 9.78 Å². The number of hydrogen-bond donors (Lipinski definition) is 0. The van der Waals surface area contributed by atoms with E-state index in [4.69, 9.17) is 4.74 Å². The van der Waals surface area contributed by atoms with E-state index in [9.17, 15) is 9.59 Å². The predicted octanol–water partition coefficient (Wildman–Crippen LogP) is 2.59. The first kappa shape index (κ1) is 16.5. The van der Waals surface area contributed by atoms with E-state index in [1.54, 1.807) is 6.20 Å². The van der Waals surface area contributed by atoms with Gasteiger partial charge in [-0.1, -0.05) is 6.07 Å². The second kappa shape index (κ2) is 6.63. The van der Waals surface area contributed by atoms with Gasteiger partial charge in [-0.2, -0.15) is 0 Å². The Morgan fingerprint density at radius 3 is 2.62 bits per heavy atom. The fraction of sp³-hybridized carbons (Fsp3) is 0.500. The molecule has 1 amide bonds. The summed E-state index contributed by atoms with van der Waals surface area (Å²) >= 11 is 0. The van der Waals surface area contributed by atoms with Crippen LogP contribution in [0.25, 0.3) is 5.65 Å². The first-order chi connectivity index (χ1) is 11.5. The van der Waals surface area contributed by atoms with Crippen LogP contribution in [0.2, 0.25) is 0 Å². The zero-order valence-corrected chi connectivity index (χ0v) is 14.4. The van der Waals surface area contributed by atoms with Crippen LogP contribution in [0.5, 0.6) is 0 Å². The Balaban J connectivity index is 1.66. The Morgan fingerprint density at radius 1 is 1.25 bits per heavy atom. The average Bonchev–Trinajstić information content (AvgIpc) is 2.98. The van der Waals surface area contributed by atoms with Gasteiger partial charge in [-0.3, -0.25) is 4.79 Å². The van der Waals surface area contributed by atoms with Crippen LogP contribution in [0.3, 0.4) is 0 Å². The van der Waals surface area contributed by atoms with Gasteiger partial charge in [0.1, 0.15) is 5.65 Å². The number of piperidine rings is 1. The Kier molecular flexibility index (Phi) is 4.55. The van der Waals surface area contributed by atoms with Gasteiger partial charge < -0.3 is 14.0 Å². The molecule has 0 N–H and O–H groups in total. The van der Waals surface area contributed by atoms with Gasteiger partial charge in [0.2, 0.25) is 0 Å². The number of likely N-dealkylation sites (tertiary alicyclic amines) is 1. The van der Waals surface area contributed by atoms with Crippen LogP contribution in [0, 0.1) is 6.92 Å². The van der Waals surface area contributed by atoms with Crippen LogP contribution in [-0.4, -0.2) is 44.9 Å². The number of amides is 1. The van der Waals surface area contributed by atoms with E-state index in [2.05, 4.69) is 4.98 Å². The molecule has 0 aromatic carbocycles. The lowest BCUT2D eigenvalue weighted by atomic mass is 9.97. The number of esters is 1. The van der Waals surface area contributed by atoms with E-state index >= 15 is 0 Å². The van der Waals surface area contributed by atoms with Crippen LogP contribution in [0.15, 0.2) is 24.4 Å². The lowest BCUT2D eigenvalue weighted by molar-refractivity contribution is -0.140. The number of aryl methyl sites for hydroxylation is 1. The molecule has 2 aromatic heterocycles. The van der Waals surface area contributed by atoms with Crippen molar-refractivity contribution in [2.45, 2.75) is 52.1 Å². The summed E-state index contributed by atoms with van der Waals surface area (Å²) in [6.07, 6.45) is 4.77. The molecule has 128 valence electrons. The average molecular weight is 329 g/mol. The third-order valence-corrected chi connectivity index (χ3v) is 4.71. The number of pyridine rings is 1. The van der Waals surface area contributed by atoms with Crippen molar-refractivity contribution in [2.75, 3.05) is 6.61 Å². The smallest absolute Gasteiger partial charge is 0.359 e. The minimum absolute atomic E-state index is 0.136. The second-order valence-electron chi connectivity index (χ2n) is 6.53. The Labute approximate surface area is 141 Å². The van der Waals surface area contributed by atoms with Crippen molar-refractivity contribution < 1.29 is 14.3 Å². The van der Waals surface area contributed by atoms with E-state index in [1.165, 1.54) is 0 Å². The zero-order chi connectivity index (χ0) is 17.3. The molecule has 0 bridgehead atoms. The van der Waals surface area contributed by atoms with Gasteiger partial charge in [0.25, 0.3) is 5.91 Å². The molecular formula is C18H23N3O3. The van der Waals surface area contributed by atoms with Crippen LogP contribution in [0.1, 0.15) is 49.3 Å². The molecule has 6 heteroatoms. The number of ether oxygens (including phenoxy) is 1. The highest BCUT2D eigenvalue weighted by molar-refractivity contribution is 5.90. The van der Waals surface area contributed by atoms with E-state index in [0.717, 1.165) is 25.0 Å². The van der Waals surface area contributed by atoms with Gasteiger partial charge in [-0.05, 0) is 52.2 Å².